The molecule has 2 aliphatic rings. The van der Waals surface area contributed by atoms with Crippen LogP contribution in [0.25, 0.3) is 0 Å². The minimum Gasteiger partial charge on any atom is -0.449 e. The van der Waals surface area contributed by atoms with Gasteiger partial charge >= 0.3 is 0 Å². The average molecular weight is 262 g/mol. The quantitative estimate of drug-likeness (QED) is 0.878. The van der Waals surface area contributed by atoms with Crippen molar-refractivity contribution in [1.29, 1.82) is 0 Å². The summed E-state index contributed by atoms with van der Waals surface area (Å²) >= 11 is 0. The van der Waals surface area contributed by atoms with Crippen LogP contribution in [-0.4, -0.2) is 25.4 Å². The molecule has 0 saturated carbocycles. The van der Waals surface area contributed by atoms with Gasteiger partial charge in [0.25, 0.3) is 0 Å². The highest BCUT2D eigenvalue weighted by molar-refractivity contribution is 5.56. The van der Waals surface area contributed by atoms with E-state index in [2.05, 4.69) is 16.7 Å². The summed E-state index contributed by atoms with van der Waals surface area (Å²) in [6.45, 7) is 7.14. The molecule has 1 unspecified atom stereocenters. The van der Waals surface area contributed by atoms with Gasteiger partial charge in [0.15, 0.2) is 11.5 Å². The third kappa shape index (κ3) is 2.95. The van der Waals surface area contributed by atoms with Crippen molar-refractivity contribution >= 4 is 5.69 Å². The molecule has 3 rings (SSSR count). The molecule has 0 radical (unpaired) electrons. The summed E-state index contributed by atoms with van der Waals surface area (Å²) in [5, 5.41) is 6.93. The Balaban J connectivity index is 1.60. The molecule has 104 valence electrons. The minimum absolute atomic E-state index is 0.547. The molecule has 0 amide bonds. The van der Waals surface area contributed by atoms with Gasteiger partial charge in [0.05, 0.1) is 0 Å². The lowest BCUT2D eigenvalue weighted by atomic mass is 10.00. The summed E-state index contributed by atoms with van der Waals surface area (Å²) in [5.74, 6) is 1.83. The first-order valence-corrected chi connectivity index (χ1v) is 7.09. The molecule has 0 aliphatic carbocycles. The Morgan fingerprint density at radius 3 is 2.95 bits per heavy atom. The second-order valence-corrected chi connectivity index (χ2v) is 5.86. The van der Waals surface area contributed by atoms with Gasteiger partial charge in [-0.15, -0.1) is 0 Å². The topological polar surface area (TPSA) is 42.5 Å². The normalized spacial score (nSPS) is 24.2. The molecule has 0 aromatic heterocycles. The molecule has 1 atom stereocenters. The third-order valence-corrected chi connectivity index (χ3v) is 3.65. The first kappa shape index (κ1) is 12.6. The summed E-state index contributed by atoms with van der Waals surface area (Å²) in [7, 11) is 0. The molecule has 0 spiro atoms. The van der Waals surface area contributed by atoms with Crippen LogP contribution in [0.4, 0.5) is 5.69 Å². The third-order valence-electron chi connectivity index (χ3n) is 3.65. The fourth-order valence-corrected chi connectivity index (χ4v) is 2.69. The molecule has 0 bridgehead atoms. The van der Waals surface area contributed by atoms with Gasteiger partial charge in [0, 0.05) is 32.1 Å². The zero-order valence-corrected chi connectivity index (χ0v) is 11.7. The van der Waals surface area contributed by atoms with Gasteiger partial charge in [0.2, 0.25) is 5.79 Å². The molecular formula is C15H22N2O2. The maximum atomic E-state index is 5.75. The lowest BCUT2D eigenvalue weighted by Gasteiger charge is -2.23. The second-order valence-electron chi connectivity index (χ2n) is 5.86. The Kier molecular flexibility index (Phi) is 3.27. The fraction of sp³-hybridized carbons (Fsp3) is 0.600. The van der Waals surface area contributed by atoms with E-state index in [1.165, 1.54) is 12.8 Å². The Morgan fingerprint density at radius 2 is 2.16 bits per heavy atom. The van der Waals surface area contributed by atoms with Gasteiger partial charge in [-0.05, 0) is 44.0 Å². The van der Waals surface area contributed by atoms with E-state index in [9.17, 15) is 0 Å². The molecule has 1 saturated heterocycles. The SMILES string of the molecule is CC1(C)Oc2ccc(NCC3CCCNC3)cc2O1. The number of hydrogen-bond acceptors (Lipinski definition) is 4. The lowest BCUT2D eigenvalue weighted by molar-refractivity contribution is -0.0431. The van der Waals surface area contributed by atoms with Crippen LogP contribution in [0.3, 0.4) is 0 Å². The smallest absolute Gasteiger partial charge is 0.246 e. The lowest BCUT2D eigenvalue weighted by Crippen LogP contribution is -2.33. The molecule has 1 aromatic rings. The number of nitrogens with one attached hydrogen (secondary N) is 2. The fourth-order valence-electron chi connectivity index (χ4n) is 2.69. The number of ether oxygens (including phenoxy) is 2. The van der Waals surface area contributed by atoms with Crippen molar-refractivity contribution in [1.82, 2.24) is 5.32 Å². The standard InChI is InChI=1S/C15H22N2O2/c1-15(2)18-13-6-5-12(8-14(13)19-15)17-10-11-4-3-7-16-9-11/h5-6,8,11,16-17H,3-4,7,9-10H2,1-2H3. The minimum atomic E-state index is -0.547. The van der Waals surface area contributed by atoms with E-state index in [0.29, 0.717) is 0 Å². The Bertz CT molecular complexity index is 453. The maximum absolute atomic E-state index is 5.75. The molecule has 2 N–H and O–H groups in total. The highest BCUT2D eigenvalue weighted by atomic mass is 16.7. The summed E-state index contributed by atoms with van der Waals surface area (Å²) in [4.78, 5) is 0. The van der Waals surface area contributed by atoms with Crippen LogP contribution in [0.15, 0.2) is 18.2 Å². The van der Waals surface area contributed by atoms with E-state index in [0.717, 1.165) is 42.7 Å². The van der Waals surface area contributed by atoms with Crippen molar-refractivity contribution in [2.45, 2.75) is 32.5 Å². The van der Waals surface area contributed by atoms with Gasteiger partial charge < -0.3 is 20.1 Å². The van der Waals surface area contributed by atoms with Crippen molar-refractivity contribution in [3.63, 3.8) is 0 Å². The molecule has 1 aromatic carbocycles. The number of benzene rings is 1. The van der Waals surface area contributed by atoms with E-state index in [1.54, 1.807) is 0 Å². The molecule has 2 heterocycles. The number of hydrogen-bond donors (Lipinski definition) is 2. The zero-order chi connectivity index (χ0) is 13.3. The zero-order valence-electron chi connectivity index (χ0n) is 11.7. The highest BCUT2D eigenvalue weighted by Gasteiger charge is 2.31. The second kappa shape index (κ2) is 4.93. The molecule has 1 fully saturated rings. The van der Waals surface area contributed by atoms with Gasteiger partial charge in [-0.2, -0.15) is 0 Å². The first-order valence-electron chi connectivity index (χ1n) is 7.09. The predicted octanol–water partition coefficient (Wildman–Crippen LogP) is 2.61. The highest BCUT2D eigenvalue weighted by Crippen LogP contribution is 2.40. The maximum Gasteiger partial charge on any atom is 0.246 e. The predicted molar refractivity (Wildman–Crippen MR) is 75.9 cm³/mol. The Morgan fingerprint density at radius 1 is 1.32 bits per heavy atom. The summed E-state index contributed by atoms with van der Waals surface area (Å²) in [5.41, 5.74) is 1.10. The Labute approximate surface area is 114 Å². The largest absolute Gasteiger partial charge is 0.449 e. The van der Waals surface area contributed by atoms with Crippen LogP contribution >= 0.6 is 0 Å². The van der Waals surface area contributed by atoms with E-state index in [-0.39, 0.29) is 0 Å². The van der Waals surface area contributed by atoms with Crippen LogP contribution in [0, 0.1) is 5.92 Å². The molecule has 2 aliphatic heterocycles. The van der Waals surface area contributed by atoms with E-state index in [4.69, 9.17) is 9.47 Å². The monoisotopic (exact) mass is 262 g/mol. The van der Waals surface area contributed by atoms with Gasteiger partial charge in [0.1, 0.15) is 0 Å². The van der Waals surface area contributed by atoms with E-state index < -0.39 is 5.79 Å². The summed E-state index contributed by atoms with van der Waals surface area (Å²) in [6, 6.07) is 6.06. The number of anilines is 1. The molecule has 4 nitrogen and oxygen atoms in total. The summed E-state index contributed by atoms with van der Waals surface area (Å²) in [6.07, 6.45) is 2.58. The van der Waals surface area contributed by atoms with E-state index in [1.807, 2.05) is 26.0 Å². The van der Waals surface area contributed by atoms with Crippen LogP contribution in [0.5, 0.6) is 11.5 Å². The molecule has 4 heteroatoms. The van der Waals surface area contributed by atoms with Crippen molar-refractivity contribution in [2.75, 3.05) is 25.0 Å². The van der Waals surface area contributed by atoms with Crippen LogP contribution in [-0.2, 0) is 0 Å². The Hall–Kier alpha value is -1.42. The molecular weight excluding hydrogens is 240 g/mol. The number of fused-ring (bicyclic) bond motifs is 1. The first-order chi connectivity index (χ1) is 9.12. The number of rotatable bonds is 3. The average Bonchev–Trinajstić information content (AvgIpc) is 2.70. The molecule has 19 heavy (non-hydrogen) atoms. The van der Waals surface area contributed by atoms with Crippen molar-refractivity contribution < 1.29 is 9.47 Å². The van der Waals surface area contributed by atoms with Crippen LogP contribution in [0.1, 0.15) is 26.7 Å². The number of piperidine rings is 1. The van der Waals surface area contributed by atoms with Gasteiger partial charge in [-0.25, -0.2) is 0 Å². The van der Waals surface area contributed by atoms with Crippen LogP contribution in [0.2, 0.25) is 0 Å². The van der Waals surface area contributed by atoms with Crippen molar-refractivity contribution in [3.8, 4) is 11.5 Å². The van der Waals surface area contributed by atoms with Crippen molar-refractivity contribution in [3.05, 3.63) is 18.2 Å². The van der Waals surface area contributed by atoms with Gasteiger partial charge in [-0.1, -0.05) is 0 Å². The van der Waals surface area contributed by atoms with Crippen LogP contribution < -0.4 is 20.1 Å². The summed E-state index contributed by atoms with van der Waals surface area (Å²) < 4.78 is 11.4. The van der Waals surface area contributed by atoms with Gasteiger partial charge in [-0.3, -0.25) is 0 Å². The van der Waals surface area contributed by atoms with E-state index >= 15 is 0 Å². The van der Waals surface area contributed by atoms with Crippen molar-refractivity contribution in [2.24, 2.45) is 5.92 Å².